The molecule has 0 aliphatic carbocycles. The predicted octanol–water partition coefficient (Wildman–Crippen LogP) is 1.03. The van der Waals surface area contributed by atoms with Crippen molar-refractivity contribution in [2.24, 2.45) is 12.8 Å². The molecular formula is C9H15N3O. The summed E-state index contributed by atoms with van der Waals surface area (Å²) in [6.07, 6.45) is 2.83. The van der Waals surface area contributed by atoms with E-state index in [2.05, 4.69) is 18.9 Å². The number of nitrogens with zero attached hydrogens (tertiary/aromatic N) is 2. The van der Waals surface area contributed by atoms with E-state index < -0.39 is 5.91 Å². The summed E-state index contributed by atoms with van der Waals surface area (Å²) in [6, 6.07) is 0. The SMILES string of the molecule is CCC(C)c1cn(C)nc1C(N)=O. The van der Waals surface area contributed by atoms with Gasteiger partial charge in [-0.2, -0.15) is 5.10 Å². The molecule has 1 aromatic rings. The monoisotopic (exact) mass is 181 g/mol. The smallest absolute Gasteiger partial charge is 0.269 e. The van der Waals surface area contributed by atoms with Crippen LogP contribution >= 0.6 is 0 Å². The third kappa shape index (κ3) is 1.88. The summed E-state index contributed by atoms with van der Waals surface area (Å²) < 4.78 is 1.63. The molecule has 1 amide bonds. The van der Waals surface area contributed by atoms with Crippen LogP contribution in [0.25, 0.3) is 0 Å². The molecule has 0 aliphatic rings. The Bertz CT molecular complexity index is 317. The van der Waals surface area contributed by atoms with Gasteiger partial charge in [-0.05, 0) is 12.3 Å². The highest BCUT2D eigenvalue weighted by atomic mass is 16.1. The lowest BCUT2D eigenvalue weighted by Crippen LogP contribution is -2.14. The van der Waals surface area contributed by atoms with Crippen LogP contribution in [0, 0.1) is 0 Å². The fourth-order valence-corrected chi connectivity index (χ4v) is 1.28. The molecule has 1 aromatic heterocycles. The molecule has 4 heteroatoms. The molecule has 1 atom stereocenters. The highest BCUT2D eigenvalue weighted by Gasteiger charge is 2.16. The van der Waals surface area contributed by atoms with Crippen molar-refractivity contribution in [1.82, 2.24) is 9.78 Å². The number of carbonyl (C=O) groups excluding carboxylic acids is 1. The number of nitrogens with two attached hydrogens (primary N) is 1. The number of aromatic nitrogens is 2. The van der Waals surface area contributed by atoms with Gasteiger partial charge in [0, 0.05) is 18.8 Å². The molecule has 72 valence electrons. The first kappa shape index (κ1) is 9.77. The molecule has 0 aliphatic heterocycles. The first-order valence-corrected chi connectivity index (χ1v) is 4.39. The van der Waals surface area contributed by atoms with E-state index in [0.29, 0.717) is 11.6 Å². The van der Waals surface area contributed by atoms with Crippen LogP contribution in [0.1, 0.15) is 42.2 Å². The Balaban J connectivity index is 3.11. The largest absolute Gasteiger partial charge is 0.364 e. The minimum absolute atomic E-state index is 0.330. The second-order valence-electron chi connectivity index (χ2n) is 3.28. The maximum absolute atomic E-state index is 11.0. The summed E-state index contributed by atoms with van der Waals surface area (Å²) in [4.78, 5) is 11.0. The van der Waals surface area contributed by atoms with Crippen molar-refractivity contribution >= 4 is 5.91 Å². The highest BCUT2D eigenvalue weighted by Crippen LogP contribution is 2.21. The van der Waals surface area contributed by atoms with Gasteiger partial charge in [-0.3, -0.25) is 9.48 Å². The molecule has 0 fully saturated rings. The number of amides is 1. The zero-order valence-corrected chi connectivity index (χ0v) is 8.24. The Hall–Kier alpha value is -1.32. The molecule has 0 saturated heterocycles. The number of carbonyl (C=O) groups is 1. The summed E-state index contributed by atoms with van der Waals surface area (Å²) in [5.41, 5.74) is 6.55. The van der Waals surface area contributed by atoms with Gasteiger partial charge in [-0.25, -0.2) is 0 Å². The van der Waals surface area contributed by atoms with Crippen LogP contribution in [0.4, 0.5) is 0 Å². The Labute approximate surface area is 77.7 Å². The molecule has 13 heavy (non-hydrogen) atoms. The molecule has 2 N–H and O–H groups in total. The van der Waals surface area contributed by atoms with Gasteiger partial charge in [-0.1, -0.05) is 13.8 Å². The van der Waals surface area contributed by atoms with Crippen molar-refractivity contribution in [3.05, 3.63) is 17.5 Å². The fraction of sp³-hybridized carbons (Fsp3) is 0.556. The second kappa shape index (κ2) is 3.60. The molecule has 1 rings (SSSR count). The molecule has 0 saturated carbocycles. The second-order valence-corrected chi connectivity index (χ2v) is 3.28. The average molecular weight is 181 g/mol. The normalized spacial score (nSPS) is 12.8. The van der Waals surface area contributed by atoms with Gasteiger partial charge >= 0.3 is 0 Å². The summed E-state index contributed by atoms with van der Waals surface area (Å²) in [5.74, 6) is -0.118. The van der Waals surface area contributed by atoms with Crippen molar-refractivity contribution in [1.29, 1.82) is 0 Å². The number of aryl methyl sites for hydroxylation is 1. The third-order valence-electron chi connectivity index (χ3n) is 2.23. The lowest BCUT2D eigenvalue weighted by molar-refractivity contribution is 0.0993. The minimum atomic E-state index is -0.448. The minimum Gasteiger partial charge on any atom is -0.364 e. The van der Waals surface area contributed by atoms with Crippen LogP contribution in [-0.4, -0.2) is 15.7 Å². The third-order valence-corrected chi connectivity index (χ3v) is 2.23. The van der Waals surface area contributed by atoms with Crippen LogP contribution in [0.5, 0.6) is 0 Å². The van der Waals surface area contributed by atoms with Crippen LogP contribution in [-0.2, 0) is 7.05 Å². The van der Waals surface area contributed by atoms with Gasteiger partial charge in [0.25, 0.3) is 5.91 Å². The molecule has 1 heterocycles. The Morgan fingerprint density at radius 3 is 2.85 bits per heavy atom. The van der Waals surface area contributed by atoms with Crippen LogP contribution < -0.4 is 5.73 Å². The Morgan fingerprint density at radius 1 is 1.77 bits per heavy atom. The number of primary amides is 1. The summed E-state index contributed by atoms with van der Waals surface area (Å²) >= 11 is 0. The van der Waals surface area contributed by atoms with E-state index in [1.807, 2.05) is 6.20 Å². The van der Waals surface area contributed by atoms with E-state index in [0.717, 1.165) is 12.0 Å². The molecule has 1 unspecified atom stereocenters. The molecule has 0 aromatic carbocycles. The summed E-state index contributed by atoms with van der Waals surface area (Å²) in [7, 11) is 1.79. The van der Waals surface area contributed by atoms with Crippen LogP contribution in [0.2, 0.25) is 0 Å². The van der Waals surface area contributed by atoms with Crippen LogP contribution in [0.3, 0.4) is 0 Å². The first-order valence-electron chi connectivity index (χ1n) is 4.39. The van der Waals surface area contributed by atoms with Gasteiger partial charge in [-0.15, -0.1) is 0 Å². The zero-order valence-electron chi connectivity index (χ0n) is 8.24. The van der Waals surface area contributed by atoms with Gasteiger partial charge in [0.15, 0.2) is 5.69 Å². The van der Waals surface area contributed by atoms with Gasteiger partial charge in [0.1, 0.15) is 0 Å². The van der Waals surface area contributed by atoms with E-state index in [1.165, 1.54) is 0 Å². The van der Waals surface area contributed by atoms with Gasteiger partial charge in [0.05, 0.1) is 0 Å². The maximum atomic E-state index is 11.0. The number of hydrogen-bond donors (Lipinski definition) is 1. The predicted molar refractivity (Wildman–Crippen MR) is 50.4 cm³/mol. The fourth-order valence-electron chi connectivity index (χ4n) is 1.28. The summed E-state index contributed by atoms with van der Waals surface area (Å²) in [6.45, 7) is 4.13. The van der Waals surface area contributed by atoms with E-state index in [4.69, 9.17) is 5.73 Å². The molecule has 0 radical (unpaired) electrons. The van der Waals surface area contributed by atoms with Crippen molar-refractivity contribution in [3.63, 3.8) is 0 Å². The topological polar surface area (TPSA) is 60.9 Å². The zero-order chi connectivity index (χ0) is 10.0. The van der Waals surface area contributed by atoms with Gasteiger partial charge < -0.3 is 5.73 Å². The average Bonchev–Trinajstić information content (AvgIpc) is 2.46. The van der Waals surface area contributed by atoms with Crippen molar-refractivity contribution in [2.75, 3.05) is 0 Å². The van der Waals surface area contributed by atoms with Crippen molar-refractivity contribution in [2.45, 2.75) is 26.2 Å². The van der Waals surface area contributed by atoms with Crippen LogP contribution in [0.15, 0.2) is 6.20 Å². The standard InChI is InChI=1S/C9H15N3O/c1-4-6(2)7-5-12(3)11-8(7)9(10)13/h5-6H,4H2,1-3H3,(H2,10,13). The first-order chi connectivity index (χ1) is 6.06. The molecule has 0 spiro atoms. The molecule has 4 nitrogen and oxygen atoms in total. The lowest BCUT2D eigenvalue weighted by atomic mass is 9.99. The van der Waals surface area contributed by atoms with E-state index in [-0.39, 0.29) is 0 Å². The van der Waals surface area contributed by atoms with Crippen molar-refractivity contribution < 1.29 is 4.79 Å². The summed E-state index contributed by atoms with van der Waals surface area (Å²) in [5, 5.41) is 4.02. The number of hydrogen-bond acceptors (Lipinski definition) is 2. The lowest BCUT2D eigenvalue weighted by Gasteiger charge is -2.05. The number of rotatable bonds is 3. The van der Waals surface area contributed by atoms with E-state index >= 15 is 0 Å². The Morgan fingerprint density at radius 2 is 2.38 bits per heavy atom. The quantitative estimate of drug-likeness (QED) is 0.757. The molecule has 0 bridgehead atoms. The van der Waals surface area contributed by atoms with Gasteiger partial charge in [0.2, 0.25) is 0 Å². The Kier molecular flexibility index (Phi) is 2.70. The van der Waals surface area contributed by atoms with Crippen molar-refractivity contribution in [3.8, 4) is 0 Å². The maximum Gasteiger partial charge on any atom is 0.269 e. The van der Waals surface area contributed by atoms with E-state index in [1.54, 1.807) is 11.7 Å². The van der Waals surface area contributed by atoms with E-state index in [9.17, 15) is 4.79 Å². The highest BCUT2D eigenvalue weighted by molar-refractivity contribution is 5.92. The molecular weight excluding hydrogens is 166 g/mol.